The van der Waals surface area contributed by atoms with Crippen LogP contribution in [0.4, 0.5) is 0 Å². The van der Waals surface area contributed by atoms with Crippen LogP contribution in [0.5, 0.6) is 5.75 Å². The number of rotatable bonds is 5. The molecular formula is C22H23N3O4. The van der Waals surface area contributed by atoms with Gasteiger partial charge in [-0.25, -0.2) is 4.68 Å². The third kappa shape index (κ3) is 3.66. The molecule has 0 saturated heterocycles. The standard InChI is InChI=1S/C22H23N3O4/c1-29-17-6-4-15(5-7-17)25-20(18-3-2-12-23-19(18)14-26)13-21(24-25)22(28)10-8-16(27)9-11-22/h2-7,12-14,16,27-28H,8-11H2,1H3. The summed E-state index contributed by atoms with van der Waals surface area (Å²) in [7, 11) is 1.60. The Morgan fingerprint density at radius 2 is 1.93 bits per heavy atom. The molecule has 7 heteroatoms. The molecule has 2 aromatic heterocycles. The lowest BCUT2D eigenvalue weighted by Crippen LogP contribution is -2.33. The van der Waals surface area contributed by atoms with Crippen LogP contribution in [0.2, 0.25) is 0 Å². The number of aldehydes is 1. The molecule has 0 atom stereocenters. The lowest BCUT2D eigenvalue weighted by atomic mass is 9.81. The van der Waals surface area contributed by atoms with Crippen molar-refractivity contribution in [1.82, 2.24) is 14.8 Å². The van der Waals surface area contributed by atoms with Gasteiger partial charge in [-0.05, 0) is 68.1 Å². The number of hydrogen-bond acceptors (Lipinski definition) is 6. The molecule has 29 heavy (non-hydrogen) atoms. The minimum Gasteiger partial charge on any atom is -0.497 e. The van der Waals surface area contributed by atoms with Crippen molar-refractivity contribution in [3.63, 3.8) is 0 Å². The number of pyridine rings is 1. The number of benzene rings is 1. The second-order valence-corrected chi connectivity index (χ2v) is 7.34. The van der Waals surface area contributed by atoms with E-state index in [9.17, 15) is 15.0 Å². The quantitative estimate of drug-likeness (QED) is 0.647. The third-order valence-corrected chi connectivity index (χ3v) is 5.51. The van der Waals surface area contributed by atoms with Crippen molar-refractivity contribution in [2.75, 3.05) is 7.11 Å². The Kier molecular flexibility index (Phi) is 5.17. The number of nitrogens with zero attached hydrogens (tertiary/aromatic N) is 3. The van der Waals surface area contributed by atoms with E-state index in [-0.39, 0.29) is 0 Å². The predicted molar refractivity (Wildman–Crippen MR) is 107 cm³/mol. The number of aromatic nitrogens is 3. The molecule has 0 spiro atoms. The Labute approximate surface area is 168 Å². The van der Waals surface area contributed by atoms with Gasteiger partial charge in [0.2, 0.25) is 0 Å². The van der Waals surface area contributed by atoms with Crippen LogP contribution in [0.1, 0.15) is 41.9 Å². The van der Waals surface area contributed by atoms with Gasteiger partial charge >= 0.3 is 0 Å². The lowest BCUT2D eigenvalue weighted by Gasteiger charge is -2.32. The average molecular weight is 393 g/mol. The molecule has 4 rings (SSSR count). The highest BCUT2D eigenvalue weighted by Gasteiger charge is 2.37. The smallest absolute Gasteiger partial charge is 0.169 e. The first kappa shape index (κ1) is 19.3. The highest BCUT2D eigenvalue weighted by Crippen LogP contribution is 2.39. The molecule has 2 N–H and O–H groups in total. The summed E-state index contributed by atoms with van der Waals surface area (Å²) in [5, 5.41) is 25.7. The van der Waals surface area contributed by atoms with Crippen molar-refractivity contribution in [3.8, 4) is 22.7 Å². The summed E-state index contributed by atoms with van der Waals surface area (Å²) in [6.07, 6.45) is 3.80. The number of aliphatic hydroxyl groups is 2. The summed E-state index contributed by atoms with van der Waals surface area (Å²) >= 11 is 0. The van der Waals surface area contributed by atoms with Crippen LogP contribution >= 0.6 is 0 Å². The second kappa shape index (κ2) is 7.77. The second-order valence-electron chi connectivity index (χ2n) is 7.34. The van der Waals surface area contributed by atoms with Crippen LogP contribution in [0.3, 0.4) is 0 Å². The maximum Gasteiger partial charge on any atom is 0.169 e. The van der Waals surface area contributed by atoms with Crippen LogP contribution in [-0.2, 0) is 5.60 Å². The molecule has 0 aliphatic heterocycles. The average Bonchev–Trinajstić information content (AvgIpc) is 3.22. The Morgan fingerprint density at radius 1 is 1.21 bits per heavy atom. The molecule has 1 saturated carbocycles. The summed E-state index contributed by atoms with van der Waals surface area (Å²) in [4.78, 5) is 15.7. The van der Waals surface area contributed by atoms with E-state index < -0.39 is 11.7 Å². The lowest BCUT2D eigenvalue weighted by molar-refractivity contribution is -0.0393. The minimum atomic E-state index is -1.12. The van der Waals surface area contributed by atoms with Gasteiger partial charge in [0.15, 0.2) is 6.29 Å². The Morgan fingerprint density at radius 3 is 2.59 bits per heavy atom. The van der Waals surface area contributed by atoms with Crippen molar-refractivity contribution in [2.24, 2.45) is 0 Å². The Balaban J connectivity index is 1.85. The van der Waals surface area contributed by atoms with Crippen molar-refractivity contribution in [2.45, 2.75) is 37.4 Å². The van der Waals surface area contributed by atoms with Crippen molar-refractivity contribution in [1.29, 1.82) is 0 Å². The number of carbonyl (C=O) groups is 1. The topological polar surface area (TPSA) is 97.5 Å². The molecular weight excluding hydrogens is 370 g/mol. The van der Waals surface area contributed by atoms with Gasteiger partial charge in [0.25, 0.3) is 0 Å². The largest absolute Gasteiger partial charge is 0.497 e. The summed E-state index contributed by atoms with van der Waals surface area (Å²) in [6.45, 7) is 0. The predicted octanol–water partition coefficient (Wildman–Crippen LogP) is 2.88. The third-order valence-electron chi connectivity index (χ3n) is 5.51. The van der Waals surface area contributed by atoms with Gasteiger partial charge in [0.1, 0.15) is 17.0 Å². The van der Waals surface area contributed by atoms with Crippen molar-refractivity contribution >= 4 is 6.29 Å². The molecule has 0 radical (unpaired) electrons. The van der Waals surface area contributed by atoms with E-state index in [1.807, 2.05) is 36.4 Å². The number of methoxy groups -OCH3 is 1. The van der Waals surface area contributed by atoms with Gasteiger partial charge in [0, 0.05) is 11.8 Å². The number of aliphatic hydroxyl groups excluding tert-OH is 1. The van der Waals surface area contributed by atoms with Gasteiger partial charge in [-0.15, -0.1) is 0 Å². The SMILES string of the molecule is COc1ccc(-n2nc(C3(O)CCC(O)CC3)cc2-c2cccnc2C=O)cc1. The van der Waals surface area contributed by atoms with Crippen LogP contribution in [0.25, 0.3) is 16.9 Å². The van der Waals surface area contributed by atoms with Crippen molar-refractivity contribution in [3.05, 3.63) is 60.0 Å². The fraction of sp³-hybridized carbons (Fsp3) is 0.318. The van der Waals surface area contributed by atoms with E-state index in [4.69, 9.17) is 9.84 Å². The van der Waals surface area contributed by atoms with Gasteiger partial charge in [-0.1, -0.05) is 0 Å². The molecule has 2 heterocycles. The van der Waals surface area contributed by atoms with E-state index in [1.165, 1.54) is 0 Å². The van der Waals surface area contributed by atoms with Crippen LogP contribution in [0.15, 0.2) is 48.7 Å². The first-order valence-electron chi connectivity index (χ1n) is 9.60. The van der Waals surface area contributed by atoms with Gasteiger partial charge in [-0.3, -0.25) is 9.78 Å². The molecule has 7 nitrogen and oxygen atoms in total. The fourth-order valence-electron chi connectivity index (χ4n) is 3.78. The maximum absolute atomic E-state index is 11.6. The van der Waals surface area contributed by atoms with E-state index in [0.717, 1.165) is 11.4 Å². The molecule has 150 valence electrons. The highest BCUT2D eigenvalue weighted by molar-refractivity contribution is 5.84. The zero-order valence-corrected chi connectivity index (χ0v) is 16.2. The molecule has 0 amide bonds. The zero-order valence-electron chi connectivity index (χ0n) is 16.2. The van der Waals surface area contributed by atoms with E-state index in [1.54, 1.807) is 24.1 Å². The summed E-state index contributed by atoms with van der Waals surface area (Å²) in [5.41, 5.74) is 1.79. The summed E-state index contributed by atoms with van der Waals surface area (Å²) in [6, 6.07) is 12.8. The molecule has 1 aliphatic rings. The van der Waals surface area contributed by atoms with E-state index in [0.29, 0.717) is 54.6 Å². The molecule has 0 bridgehead atoms. The maximum atomic E-state index is 11.6. The fourth-order valence-corrected chi connectivity index (χ4v) is 3.78. The van der Waals surface area contributed by atoms with Crippen LogP contribution in [-0.4, -0.2) is 44.5 Å². The van der Waals surface area contributed by atoms with Crippen molar-refractivity contribution < 1.29 is 19.7 Å². The van der Waals surface area contributed by atoms with Gasteiger partial charge in [-0.2, -0.15) is 5.10 Å². The Hall–Kier alpha value is -3.03. The number of carbonyl (C=O) groups excluding carboxylic acids is 1. The molecule has 3 aromatic rings. The van der Waals surface area contributed by atoms with E-state index >= 15 is 0 Å². The summed E-state index contributed by atoms with van der Waals surface area (Å²) in [5.74, 6) is 0.720. The number of hydrogen-bond donors (Lipinski definition) is 2. The monoisotopic (exact) mass is 393 g/mol. The first-order chi connectivity index (χ1) is 14.0. The van der Waals surface area contributed by atoms with Gasteiger partial charge < -0.3 is 14.9 Å². The molecule has 1 aromatic carbocycles. The zero-order chi connectivity index (χ0) is 20.4. The normalized spacial score (nSPS) is 21.7. The minimum absolute atomic E-state index is 0.305. The highest BCUT2D eigenvalue weighted by atomic mass is 16.5. The molecule has 1 aliphatic carbocycles. The van der Waals surface area contributed by atoms with Crippen LogP contribution < -0.4 is 4.74 Å². The number of ether oxygens (including phenoxy) is 1. The van der Waals surface area contributed by atoms with Crippen LogP contribution in [0, 0.1) is 0 Å². The molecule has 1 fully saturated rings. The first-order valence-corrected chi connectivity index (χ1v) is 9.60. The molecule has 0 unspecified atom stereocenters. The summed E-state index contributed by atoms with van der Waals surface area (Å²) < 4.78 is 6.94. The van der Waals surface area contributed by atoms with E-state index in [2.05, 4.69) is 4.98 Å². The van der Waals surface area contributed by atoms with Gasteiger partial charge in [0.05, 0.1) is 30.3 Å². The Bertz CT molecular complexity index is 1010.